The molecule has 0 saturated heterocycles. The molecule has 1 aromatic rings. The highest BCUT2D eigenvalue weighted by Gasteiger charge is 2.09. The molecule has 66 valence electrons. The van der Waals surface area contributed by atoms with E-state index in [1.807, 2.05) is 0 Å². The molecule has 1 aromatic heterocycles. The van der Waals surface area contributed by atoms with Crippen molar-refractivity contribution in [2.45, 2.75) is 13.0 Å². The van der Waals surface area contributed by atoms with Crippen molar-refractivity contribution >= 4 is 11.6 Å². The maximum absolute atomic E-state index is 9.26. The lowest BCUT2D eigenvalue weighted by molar-refractivity contribution is 0.193. The summed E-state index contributed by atoms with van der Waals surface area (Å²) < 4.78 is 4.93. The van der Waals surface area contributed by atoms with E-state index < -0.39 is 6.10 Å². The molecule has 0 aliphatic heterocycles. The zero-order chi connectivity index (χ0) is 9.14. The average molecular weight is 188 g/mol. The molecule has 0 amide bonds. The van der Waals surface area contributed by atoms with Gasteiger partial charge >= 0.3 is 0 Å². The van der Waals surface area contributed by atoms with E-state index in [0.717, 1.165) is 0 Å². The van der Waals surface area contributed by atoms with Gasteiger partial charge in [-0.15, -0.1) is 0 Å². The van der Waals surface area contributed by atoms with Crippen LogP contribution in [0.15, 0.2) is 12.1 Å². The SMILES string of the molecule is COc1nc(Cl)ccc1C(C)O. The average Bonchev–Trinajstić information content (AvgIpc) is 2.03. The van der Waals surface area contributed by atoms with Crippen molar-refractivity contribution in [3.8, 4) is 5.88 Å². The van der Waals surface area contributed by atoms with Crippen LogP contribution in [-0.2, 0) is 0 Å². The molecule has 1 rings (SSSR count). The first-order valence-electron chi connectivity index (χ1n) is 3.53. The molecule has 12 heavy (non-hydrogen) atoms. The third-order valence-electron chi connectivity index (χ3n) is 1.50. The van der Waals surface area contributed by atoms with Gasteiger partial charge in [0.1, 0.15) is 5.15 Å². The standard InChI is InChI=1S/C8H10ClNO2/c1-5(11)6-3-4-7(9)10-8(6)12-2/h3-5,11H,1-2H3. The summed E-state index contributed by atoms with van der Waals surface area (Å²) in [5.41, 5.74) is 0.641. The van der Waals surface area contributed by atoms with Crippen LogP contribution in [0, 0.1) is 0 Å². The minimum atomic E-state index is -0.593. The lowest BCUT2D eigenvalue weighted by Gasteiger charge is -2.08. The van der Waals surface area contributed by atoms with E-state index in [0.29, 0.717) is 16.6 Å². The lowest BCUT2D eigenvalue weighted by Crippen LogP contribution is -1.98. The van der Waals surface area contributed by atoms with Gasteiger partial charge in [-0.1, -0.05) is 11.6 Å². The highest BCUT2D eigenvalue weighted by atomic mass is 35.5. The van der Waals surface area contributed by atoms with Crippen molar-refractivity contribution in [1.82, 2.24) is 4.98 Å². The van der Waals surface area contributed by atoms with Gasteiger partial charge in [-0.25, -0.2) is 4.98 Å². The van der Waals surface area contributed by atoms with Gasteiger partial charge in [0, 0.05) is 5.56 Å². The molecular weight excluding hydrogens is 178 g/mol. The Morgan fingerprint density at radius 2 is 2.25 bits per heavy atom. The summed E-state index contributed by atoms with van der Waals surface area (Å²) in [7, 11) is 1.49. The quantitative estimate of drug-likeness (QED) is 0.718. The third kappa shape index (κ3) is 1.87. The Kier molecular flexibility index (Phi) is 2.89. The first kappa shape index (κ1) is 9.29. The van der Waals surface area contributed by atoms with Gasteiger partial charge in [-0.2, -0.15) is 0 Å². The fourth-order valence-electron chi connectivity index (χ4n) is 0.910. The first-order chi connectivity index (χ1) is 5.65. The number of pyridine rings is 1. The predicted molar refractivity (Wildman–Crippen MR) is 46.4 cm³/mol. The fraction of sp³-hybridized carbons (Fsp3) is 0.375. The van der Waals surface area contributed by atoms with E-state index in [1.54, 1.807) is 19.1 Å². The molecule has 0 spiro atoms. The van der Waals surface area contributed by atoms with Crippen LogP contribution in [0.25, 0.3) is 0 Å². The number of ether oxygens (including phenoxy) is 1. The fourth-order valence-corrected chi connectivity index (χ4v) is 1.05. The van der Waals surface area contributed by atoms with Crippen LogP contribution in [0.2, 0.25) is 5.15 Å². The van der Waals surface area contributed by atoms with E-state index in [1.165, 1.54) is 7.11 Å². The molecule has 1 heterocycles. The zero-order valence-corrected chi connectivity index (χ0v) is 7.67. The number of hydrogen-bond acceptors (Lipinski definition) is 3. The van der Waals surface area contributed by atoms with Gasteiger partial charge in [0.25, 0.3) is 0 Å². The van der Waals surface area contributed by atoms with Crippen molar-refractivity contribution < 1.29 is 9.84 Å². The Hall–Kier alpha value is -0.800. The summed E-state index contributed by atoms with van der Waals surface area (Å²) in [6, 6.07) is 3.31. The first-order valence-corrected chi connectivity index (χ1v) is 3.91. The molecule has 3 nitrogen and oxygen atoms in total. The summed E-state index contributed by atoms with van der Waals surface area (Å²) >= 11 is 5.63. The molecule has 0 fully saturated rings. The van der Waals surface area contributed by atoms with Gasteiger partial charge in [0.05, 0.1) is 13.2 Å². The molecule has 0 aromatic carbocycles. The van der Waals surface area contributed by atoms with Crippen LogP contribution in [0.5, 0.6) is 5.88 Å². The van der Waals surface area contributed by atoms with Crippen LogP contribution in [0.3, 0.4) is 0 Å². The zero-order valence-electron chi connectivity index (χ0n) is 6.91. The second-order valence-electron chi connectivity index (χ2n) is 2.41. The van der Waals surface area contributed by atoms with Crippen molar-refractivity contribution in [1.29, 1.82) is 0 Å². The monoisotopic (exact) mass is 187 g/mol. The largest absolute Gasteiger partial charge is 0.481 e. The summed E-state index contributed by atoms with van der Waals surface area (Å²) in [4.78, 5) is 3.90. The lowest BCUT2D eigenvalue weighted by atomic mass is 10.2. The van der Waals surface area contributed by atoms with Crippen molar-refractivity contribution in [3.05, 3.63) is 22.8 Å². The molecule has 1 atom stereocenters. The van der Waals surface area contributed by atoms with Crippen LogP contribution < -0.4 is 4.74 Å². The highest BCUT2D eigenvalue weighted by Crippen LogP contribution is 2.24. The number of methoxy groups -OCH3 is 1. The molecular formula is C8H10ClNO2. The molecule has 0 bridgehead atoms. The van der Waals surface area contributed by atoms with Crippen LogP contribution >= 0.6 is 11.6 Å². The molecule has 1 unspecified atom stereocenters. The highest BCUT2D eigenvalue weighted by molar-refractivity contribution is 6.29. The summed E-state index contributed by atoms with van der Waals surface area (Å²) in [5.74, 6) is 0.373. The third-order valence-corrected chi connectivity index (χ3v) is 1.71. The molecule has 0 aliphatic carbocycles. The Morgan fingerprint density at radius 1 is 1.58 bits per heavy atom. The normalized spacial score (nSPS) is 12.7. The second kappa shape index (κ2) is 3.74. The molecule has 0 aliphatic rings. The Balaban J connectivity index is 3.11. The Labute approximate surface area is 76.0 Å². The minimum Gasteiger partial charge on any atom is -0.481 e. The second-order valence-corrected chi connectivity index (χ2v) is 2.80. The van der Waals surface area contributed by atoms with E-state index >= 15 is 0 Å². The Morgan fingerprint density at radius 3 is 2.75 bits per heavy atom. The van der Waals surface area contributed by atoms with Gasteiger partial charge in [-0.05, 0) is 19.1 Å². The number of hydrogen-bond donors (Lipinski definition) is 1. The topological polar surface area (TPSA) is 42.4 Å². The number of aliphatic hydroxyl groups excluding tert-OH is 1. The molecule has 1 N–H and O–H groups in total. The van der Waals surface area contributed by atoms with Crippen molar-refractivity contribution in [2.24, 2.45) is 0 Å². The van der Waals surface area contributed by atoms with E-state index in [-0.39, 0.29) is 0 Å². The smallest absolute Gasteiger partial charge is 0.220 e. The van der Waals surface area contributed by atoms with Crippen molar-refractivity contribution in [3.63, 3.8) is 0 Å². The maximum atomic E-state index is 9.26. The van der Waals surface area contributed by atoms with E-state index in [9.17, 15) is 5.11 Å². The number of aliphatic hydroxyl groups is 1. The number of nitrogens with zero attached hydrogens (tertiary/aromatic N) is 1. The number of aromatic nitrogens is 1. The van der Waals surface area contributed by atoms with Gasteiger partial charge in [0.15, 0.2) is 0 Å². The molecule has 0 saturated carbocycles. The van der Waals surface area contributed by atoms with Crippen LogP contribution in [0.1, 0.15) is 18.6 Å². The van der Waals surface area contributed by atoms with E-state index in [4.69, 9.17) is 16.3 Å². The molecule has 0 radical (unpaired) electrons. The maximum Gasteiger partial charge on any atom is 0.220 e. The summed E-state index contributed by atoms with van der Waals surface area (Å²) in [6.07, 6.45) is -0.593. The number of rotatable bonds is 2. The van der Waals surface area contributed by atoms with Gasteiger partial charge < -0.3 is 9.84 Å². The molecule has 4 heteroatoms. The van der Waals surface area contributed by atoms with Crippen LogP contribution in [0.4, 0.5) is 0 Å². The summed E-state index contributed by atoms with van der Waals surface area (Å²) in [5, 5.41) is 9.62. The van der Waals surface area contributed by atoms with Gasteiger partial charge in [-0.3, -0.25) is 0 Å². The summed E-state index contributed by atoms with van der Waals surface area (Å²) in [6.45, 7) is 1.65. The minimum absolute atomic E-state index is 0.358. The van der Waals surface area contributed by atoms with Crippen LogP contribution in [-0.4, -0.2) is 17.2 Å². The van der Waals surface area contributed by atoms with Crippen molar-refractivity contribution in [2.75, 3.05) is 7.11 Å². The van der Waals surface area contributed by atoms with E-state index in [2.05, 4.69) is 4.98 Å². The van der Waals surface area contributed by atoms with Gasteiger partial charge in [0.2, 0.25) is 5.88 Å². The number of halogens is 1. The predicted octanol–water partition coefficient (Wildman–Crippen LogP) is 1.80. The Bertz CT molecular complexity index is 276.